The summed E-state index contributed by atoms with van der Waals surface area (Å²) in [6.07, 6.45) is 5.69. The number of hydrogen-bond acceptors (Lipinski definition) is 3. The van der Waals surface area contributed by atoms with Gasteiger partial charge in [0, 0.05) is 25.0 Å². The summed E-state index contributed by atoms with van der Waals surface area (Å²) in [4.78, 5) is 18.6. The van der Waals surface area contributed by atoms with Gasteiger partial charge in [-0.05, 0) is 53.6 Å². The van der Waals surface area contributed by atoms with Crippen LogP contribution in [0.1, 0.15) is 44.7 Å². The first-order valence-corrected chi connectivity index (χ1v) is 8.85. The topological polar surface area (TPSA) is 42.4 Å². The number of nitrogens with zero attached hydrogens (tertiary/aromatic N) is 2. The minimum atomic E-state index is 0.0409. The van der Waals surface area contributed by atoms with E-state index < -0.39 is 0 Å². The van der Waals surface area contributed by atoms with Gasteiger partial charge in [-0.2, -0.15) is 0 Å². The summed E-state index contributed by atoms with van der Waals surface area (Å²) in [6, 6.07) is 12.3. The molecule has 132 valence electrons. The van der Waals surface area contributed by atoms with Crippen molar-refractivity contribution in [2.45, 2.75) is 51.6 Å². The Bertz CT molecular complexity index is 701. The lowest BCUT2D eigenvalue weighted by Gasteiger charge is -2.23. The summed E-state index contributed by atoms with van der Waals surface area (Å²) in [7, 11) is 0. The second-order valence-corrected chi connectivity index (χ2v) is 7.67. The highest BCUT2D eigenvalue weighted by Crippen LogP contribution is 2.29. The van der Waals surface area contributed by atoms with Crippen molar-refractivity contribution in [1.29, 1.82) is 0 Å². The molecule has 1 heterocycles. The third-order valence-corrected chi connectivity index (χ3v) is 4.49. The second kappa shape index (κ2) is 7.26. The Kier molecular flexibility index (Phi) is 5.07. The fraction of sp³-hybridized carbons (Fsp3) is 0.429. The highest BCUT2D eigenvalue weighted by atomic mass is 16.5. The molecular weight excluding hydrogens is 312 g/mol. The standard InChI is InChI=1S/C21H26N2O2/c1-21(2,3)17-4-8-19(9-5-17)25-15-20(24)23(18-6-7-18)14-16-10-12-22-13-11-16/h4-5,8-13,18H,6-7,14-15H2,1-3H3. The molecule has 0 bridgehead atoms. The zero-order chi connectivity index (χ0) is 17.9. The molecule has 0 atom stereocenters. The van der Waals surface area contributed by atoms with Crippen LogP contribution in [0.2, 0.25) is 0 Å². The number of amides is 1. The van der Waals surface area contributed by atoms with E-state index in [4.69, 9.17) is 4.74 Å². The molecule has 25 heavy (non-hydrogen) atoms. The van der Waals surface area contributed by atoms with Crippen LogP contribution >= 0.6 is 0 Å². The molecule has 1 saturated carbocycles. The van der Waals surface area contributed by atoms with Gasteiger partial charge in [0.15, 0.2) is 6.61 Å². The first-order valence-electron chi connectivity index (χ1n) is 8.85. The Balaban J connectivity index is 1.58. The summed E-state index contributed by atoms with van der Waals surface area (Å²) < 4.78 is 5.73. The van der Waals surface area contributed by atoms with Crippen LogP contribution in [0.4, 0.5) is 0 Å². The van der Waals surface area contributed by atoms with Gasteiger partial charge in [0.25, 0.3) is 5.91 Å². The zero-order valence-corrected chi connectivity index (χ0v) is 15.2. The first-order chi connectivity index (χ1) is 11.9. The fourth-order valence-corrected chi connectivity index (χ4v) is 2.77. The number of aromatic nitrogens is 1. The molecule has 0 N–H and O–H groups in total. The van der Waals surface area contributed by atoms with Crippen LogP contribution in [0.5, 0.6) is 5.75 Å². The Morgan fingerprint density at radius 2 is 1.76 bits per heavy atom. The van der Waals surface area contributed by atoms with E-state index in [9.17, 15) is 4.79 Å². The molecule has 1 aliphatic rings. The molecule has 1 amide bonds. The molecule has 4 heteroatoms. The van der Waals surface area contributed by atoms with Gasteiger partial charge < -0.3 is 9.64 Å². The predicted octanol–water partition coefficient (Wildman–Crippen LogP) is 3.95. The normalized spacial score (nSPS) is 14.2. The van der Waals surface area contributed by atoms with Crippen molar-refractivity contribution in [1.82, 2.24) is 9.88 Å². The van der Waals surface area contributed by atoms with Crippen molar-refractivity contribution in [3.8, 4) is 5.75 Å². The molecule has 1 aromatic heterocycles. The van der Waals surface area contributed by atoms with Gasteiger partial charge in [-0.3, -0.25) is 9.78 Å². The Labute approximate surface area is 149 Å². The van der Waals surface area contributed by atoms with Gasteiger partial charge in [-0.15, -0.1) is 0 Å². The van der Waals surface area contributed by atoms with E-state index in [0.717, 1.165) is 24.2 Å². The van der Waals surface area contributed by atoms with Crippen molar-refractivity contribution >= 4 is 5.91 Å². The lowest BCUT2D eigenvalue weighted by Crippen LogP contribution is -2.36. The van der Waals surface area contributed by atoms with E-state index in [0.29, 0.717) is 12.6 Å². The largest absolute Gasteiger partial charge is 0.484 e. The highest BCUT2D eigenvalue weighted by Gasteiger charge is 2.32. The average Bonchev–Trinajstić information content (AvgIpc) is 3.43. The van der Waals surface area contributed by atoms with Crippen molar-refractivity contribution in [3.63, 3.8) is 0 Å². The summed E-state index contributed by atoms with van der Waals surface area (Å²) >= 11 is 0. The number of carbonyl (C=O) groups is 1. The SMILES string of the molecule is CC(C)(C)c1ccc(OCC(=O)N(Cc2ccncc2)C2CC2)cc1. The molecule has 2 aromatic rings. The van der Waals surface area contributed by atoms with Gasteiger partial charge in [0.1, 0.15) is 5.75 Å². The molecular formula is C21H26N2O2. The Morgan fingerprint density at radius 1 is 1.12 bits per heavy atom. The fourth-order valence-electron chi connectivity index (χ4n) is 2.77. The van der Waals surface area contributed by atoms with Crippen molar-refractivity contribution in [3.05, 3.63) is 59.9 Å². The molecule has 4 nitrogen and oxygen atoms in total. The summed E-state index contributed by atoms with van der Waals surface area (Å²) in [5, 5.41) is 0. The van der Waals surface area contributed by atoms with Crippen molar-refractivity contribution in [2.24, 2.45) is 0 Å². The third-order valence-electron chi connectivity index (χ3n) is 4.49. The van der Waals surface area contributed by atoms with E-state index in [-0.39, 0.29) is 17.9 Å². The quantitative estimate of drug-likeness (QED) is 0.801. The molecule has 0 radical (unpaired) electrons. The highest BCUT2D eigenvalue weighted by molar-refractivity contribution is 5.78. The minimum Gasteiger partial charge on any atom is -0.484 e. The molecule has 0 aliphatic heterocycles. The number of pyridine rings is 1. The lowest BCUT2D eigenvalue weighted by atomic mass is 9.87. The predicted molar refractivity (Wildman–Crippen MR) is 98.4 cm³/mol. The summed E-state index contributed by atoms with van der Waals surface area (Å²) in [5.41, 5.74) is 2.47. The maximum absolute atomic E-state index is 12.6. The van der Waals surface area contributed by atoms with Crippen molar-refractivity contribution < 1.29 is 9.53 Å². The summed E-state index contributed by atoms with van der Waals surface area (Å²) in [5.74, 6) is 0.778. The number of hydrogen-bond donors (Lipinski definition) is 0. The van der Waals surface area contributed by atoms with Gasteiger partial charge >= 0.3 is 0 Å². The maximum Gasteiger partial charge on any atom is 0.261 e. The van der Waals surface area contributed by atoms with Crippen LogP contribution in [-0.4, -0.2) is 28.4 Å². The number of benzene rings is 1. The Hall–Kier alpha value is -2.36. The van der Waals surface area contributed by atoms with Crippen LogP contribution in [0.15, 0.2) is 48.8 Å². The lowest BCUT2D eigenvalue weighted by molar-refractivity contribution is -0.134. The van der Waals surface area contributed by atoms with E-state index >= 15 is 0 Å². The molecule has 0 unspecified atom stereocenters. The van der Waals surface area contributed by atoms with Gasteiger partial charge in [-0.25, -0.2) is 0 Å². The second-order valence-electron chi connectivity index (χ2n) is 7.67. The van der Waals surface area contributed by atoms with Crippen LogP contribution in [0.25, 0.3) is 0 Å². The van der Waals surface area contributed by atoms with Gasteiger partial charge in [0.2, 0.25) is 0 Å². The van der Waals surface area contributed by atoms with E-state index in [1.807, 2.05) is 29.2 Å². The molecule has 1 fully saturated rings. The smallest absolute Gasteiger partial charge is 0.261 e. The first kappa shape index (κ1) is 17.5. The average molecular weight is 338 g/mol. The Morgan fingerprint density at radius 3 is 2.32 bits per heavy atom. The van der Waals surface area contributed by atoms with Crippen LogP contribution in [0.3, 0.4) is 0 Å². The van der Waals surface area contributed by atoms with Gasteiger partial charge in [-0.1, -0.05) is 32.9 Å². The molecule has 0 saturated heterocycles. The minimum absolute atomic E-state index is 0.0409. The van der Waals surface area contributed by atoms with Crippen molar-refractivity contribution in [2.75, 3.05) is 6.61 Å². The number of rotatable bonds is 6. The monoisotopic (exact) mass is 338 g/mol. The van der Waals surface area contributed by atoms with Crippen LogP contribution < -0.4 is 4.74 Å². The molecule has 3 rings (SSSR count). The van der Waals surface area contributed by atoms with Crippen LogP contribution in [-0.2, 0) is 16.8 Å². The number of carbonyl (C=O) groups excluding carboxylic acids is 1. The van der Waals surface area contributed by atoms with E-state index in [1.54, 1.807) is 12.4 Å². The third kappa shape index (κ3) is 4.81. The molecule has 1 aromatic carbocycles. The number of ether oxygens (including phenoxy) is 1. The summed E-state index contributed by atoms with van der Waals surface area (Å²) in [6.45, 7) is 7.24. The molecule has 1 aliphatic carbocycles. The van der Waals surface area contributed by atoms with Crippen LogP contribution in [0, 0.1) is 0 Å². The maximum atomic E-state index is 12.6. The van der Waals surface area contributed by atoms with Gasteiger partial charge in [0.05, 0.1) is 0 Å². The zero-order valence-electron chi connectivity index (χ0n) is 15.2. The van der Waals surface area contributed by atoms with E-state index in [1.165, 1.54) is 5.56 Å². The molecule has 0 spiro atoms. The van der Waals surface area contributed by atoms with E-state index in [2.05, 4.69) is 37.9 Å².